The van der Waals surface area contributed by atoms with E-state index < -0.39 is 0 Å². The first-order chi connectivity index (χ1) is 7.72. The van der Waals surface area contributed by atoms with Crippen LogP contribution in [0.3, 0.4) is 0 Å². The molecule has 0 aromatic carbocycles. The number of hydrogen-bond acceptors (Lipinski definition) is 3. The van der Waals surface area contributed by atoms with Crippen molar-refractivity contribution in [1.82, 2.24) is 10.0 Å². The molecule has 0 aliphatic heterocycles. The summed E-state index contributed by atoms with van der Waals surface area (Å²) in [4.78, 5) is 4.44. The van der Waals surface area contributed by atoms with Gasteiger partial charge < -0.3 is 5.21 Å². The number of pyridine rings is 1. The van der Waals surface area contributed by atoms with Gasteiger partial charge in [0.15, 0.2) is 0 Å². The largest absolute Gasteiger partial charge is 0.314 e. The molecule has 1 heterocycles. The van der Waals surface area contributed by atoms with E-state index in [9.17, 15) is 5.21 Å². The number of aromatic nitrogens is 1. The lowest BCUT2D eigenvalue weighted by Gasteiger charge is -2.30. The van der Waals surface area contributed by atoms with Crippen molar-refractivity contribution >= 4 is 0 Å². The monoisotopic (exact) mass is 220 g/mol. The smallest absolute Gasteiger partial charge is 0.0454 e. The fourth-order valence-electron chi connectivity index (χ4n) is 2.46. The molecule has 3 heteroatoms. The second-order valence-electron chi connectivity index (χ2n) is 4.61. The third-order valence-corrected chi connectivity index (χ3v) is 3.41. The van der Waals surface area contributed by atoms with Crippen LogP contribution in [-0.4, -0.2) is 27.8 Å². The Morgan fingerprint density at radius 2 is 2.38 bits per heavy atom. The van der Waals surface area contributed by atoms with Crippen LogP contribution in [0.4, 0.5) is 0 Å². The summed E-state index contributed by atoms with van der Waals surface area (Å²) in [6.07, 6.45) is 5.82. The highest BCUT2D eigenvalue weighted by molar-refractivity contribution is 5.31. The molecule has 0 saturated heterocycles. The lowest BCUT2D eigenvalue weighted by molar-refractivity contribution is -0.129. The van der Waals surface area contributed by atoms with Crippen molar-refractivity contribution in [2.45, 2.75) is 45.6 Å². The first-order valence-electron chi connectivity index (χ1n) is 6.11. The highest BCUT2D eigenvalue weighted by Crippen LogP contribution is 2.24. The third kappa shape index (κ3) is 2.25. The maximum atomic E-state index is 9.87. The minimum Gasteiger partial charge on any atom is -0.314 e. The van der Waals surface area contributed by atoms with Gasteiger partial charge in [-0.2, -0.15) is 5.06 Å². The van der Waals surface area contributed by atoms with Crippen molar-refractivity contribution in [2.75, 3.05) is 6.54 Å². The summed E-state index contributed by atoms with van der Waals surface area (Å²) in [5.74, 6) is 0. The fraction of sp³-hybridized carbons (Fsp3) is 0.615. The van der Waals surface area contributed by atoms with E-state index in [-0.39, 0.29) is 6.04 Å². The molecule has 0 amide bonds. The van der Waals surface area contributed by atoms with E-state index in [0.29, 0.717) is 0 Å². The maximum absolute atomic E-state index is 9.87. The van der Waals surface area contributed by atoms with E-state index in [4.69, 9.17) is 0 Å². The van der Waals surface area contributed by atoms with Crippen LogP contribution >= 0.6 is 0 Å². The van der Waals surface area contributed by atoms with Gasteiger partial charge in [-0.15, -0.1) is 0 Å². The summed E-state index contributed by atoms with van der Waals surface area (Å²) in [5, 5.41) is 11.4. The Hall–Kier alpha value is -0.930. The van der Waals surface area contributed by atoms with Crippen molar-refractivity contribution in [3.05, 3.63) is 29.1 Å². The number of hydroxylamine groups is 2. The molecular formula is C13H20N2O. The molecule has 16 heavy (non-hydrogen) atoms. The zero-order valence-electron chi connectivity index (χ0n) is 10.1. The molecule has 3 nitrogen and oxygen atoms in total. The van der Waals surface area contributed by atoms with Gasteiger partial charge in [0.05, 0.1) is 0 Å². The molecule has 1 aliphatic carbocycles. The summed E-state index contributed by atoms with van der Waals surface area (Å²) in [5.41, 5.74) is 3.90. The van der Waals surface area contributed by atoms with E-state index in [0.717, 1.165) is 32.2 Å². The first kappa shape index (κ1) is 11.6. The Labute approximate surface area is 97.1 Å². The second-order valence-corrected chi connectivity index (χ2v) is 4.61. The van der Waals surface area contributed by atoms with E-state index in [1.807, 2.05) is 6.20 Å². The second kappa shape index (κ2) is 4.93. The molecule has 1 aliphatic rings. The summed E-state index contributed by atoms with van der Waals surface area (Å²) < 4.78 is 0. The highest BCUT2D eigenvalue weighted by atomic mass is 16.5. The van der Waals surface area contributed by atoms with Gasteiger partial charge in [0.1, 0.15) is 0 Å². The van der Waals surface area contributed by atoms with Gasteiger partial charge >= 0.3 is 0 Å². The number of aryl methyl sites for hydroxylation is 1. The topological polar surface area (TPSA) is 36.4 Å². The zero-order valence-corrected chi connectivity index (χ0v) is 10.1. The fourth-order valence-corrected chi connectivity index (χ4v) is 2.46. The SMILES string of the molecule is CCCN(O)C1CCc2c(C)ccnc2C1. The summed E-state index contributed by atoms with van der Waals surface area (Å²) in [6.45, 7) is 4.98. The predicted octanol–water partition coefficient (Wildman–Crippen LogP) is 2.35. The van der Waals surface area contributed by atoms with Crippen LogP contribution in [0.5, 0.6) is 0 Å². The van der Waals surface area contributed by atoms with Gasteiger partial charge in [0.2, 0.25) is 0 Å². The van der Waals surface area contributed by atoms with Crippen molar-refractivity contribution in [1.29, 1.82) is 0 Å². The minimum absolute atomic E-state index is 0.252. The predicted molar refractivity (Wildman–Crippen MR) is 63.6 cm³/mol. The average molecular weight is 220 g/mol. The molecule has 1 aromatic heterocycles. The molecule has 1 aromatic rings. The van der Waals surface area contributed by atoms with Crippen LogP contribution in [0.1, 0.15) is 36.6 Å². The molecule has 0 bridgehead atoms. The van der Waals surface area contributed by atoms with E-state index >= 15 is 0 Å². The molecule has 1 atom stereocenters. The normalized spacial score (nSPS) is 19.9. The molecule has 0 saturated carbocycles. The molecule has 0 radical (unpaired) electrons. The number of rotatable bonds is 3. The van der Waals surface area contributed by atoms with Crippen LogP contribution in [0.25, 0.3) is 0 Å². The summed E-state index contributed by atoms with van der Waals surface area (Å²) in [7, 11) is 0. The van der Waals surface area contributed by atoms with E-state index in [2.05, 4.69) is 24.9 Å². The van der Waals surface area contributed by atoms with Gasteiger partial charge in [0.25, 0.3) is 0 Å². The van der Waals surface area contributed by atoms with Crippen molar-refractivity contribution in [3.8, 4) is 0 Å². The molecule has 1 N–H and O–H groups in total. The third-order valence-electron chi connectivity index (χ3n) is 3.41. The number of fused-ring (bicyclic) bond motifs is 1. The molecule has 88 valence electrons. The van der Waals surface area contributed by atoms with Crippen molar-refractivity contribution in [3.63, 3.8) is 0 Å². The lowest BCUT2D eigenvalue weighted by atomic mass is 9.89. The van der Waals surface area contributed by atoms with Gasteiger partial charge in [0, 0.05) is 30.9 Å². The van der Waals surface area contributed by atoms with Gasteiger partial charge in [-0.3, -0.25) is 4.98 Å². The van der Waals surface area contributed by atoms with Crippen LogP contribution < -0.4 is 0 Å². The Kier molecular flexibility index (Phi) is 3.56. The zero-order chi connectivity index (χ0) is 11.5. The lowest BCUT2D eigenvalue weighted by Crippen LogP contribution is -2.37. The molecule has 2 rings (SSSR count). The molecular weight excluding hydrogens is 200 g/mol. The average Bonchev–Trinajstić information content (AvgIpc) is 2.29. The highest BCUT2D eigenvalue weighted by Gasteiger charge is 2.24. The Morgan fingerprint density at radius 3 is 3.12 bits per heavy atom. The summed E-state index contributed by atoms with van der Waals surface area (Å²) >= 11 is 0. The van der Waals surface area contributed by atoms with Gasteiger partial charge in [-0.25, -0.2) is 0 Å². The van der Waals surface area contributed by atoms with Crippen LogP contribution in [0.15, 0.2) is 12.3 Å². The number of nitrogens with zero attached hydrogens (tertiary/aromatic N) is 2. The van der Waals surface area contributed by atoms with Crippen molar-refractivity contribution < 1.29 is 5.21 Å². The van der Waals surface area contributed by atoms with Crippen LogP contribution in [0.2, 0.25) is 0 Å². The van der Waals surface area contributed by atoms with E-state index in [1.54, 1.807) is 0 Å². The molecule has 0 spiro atoms. The van der Waals surface area contributed by atoms with Crippen LogP contribution in [-0.2, 0) is 12.8 Å². The van der Waals surface area contributed by atoms with Gasteiger partial charge in [-0.1, -0.05) is 6.92 Å². The van der Waals surface area contributed by atoms with E-state index in [1.165, 1.54) is 21.9 Å². The van der Waals surface area contributed by atoms with Gasteiger partial charge in [-0.05, 0) is 43.4 Å². The molecule has 1 unspecified atom stereocenters. The quantitative estimate of drug-likeness (QED) is 0.794. The maximum Gasteiger partial charge on any atom is 0.0454 e. The Morgan fingerprint density at radius 1 is 1.56 bits per heavy atom. The Bertz CT molecular complexity index is 365. The summed E-state index contributed by atoms with van der Waals surface area (Å²) in [6, 6.07) is 2.32. The minimum atomic E-state index is 0.252. The molecule has 0 fully saturated rings. The Balaban J connectivity index is 2.12. The number of hydrogen-bond donors (Lipinski definition) is 1. The van der Waals surface area contributed by atoms with Crippen molar-refractivity contribution in [2.24, 2.45) is 0 Å². The standard InChI is InChI=1S/C13H20N2O/c1-3-8-15(16)11-4-5-12-10(2)6-7-14-13(12)9-11/h6-7,11,16H,3-5,8-9H2,1-2H3. The van der Waals surface area contributed by atoms with Crippen LogP contribution in [0, 0.1) is 6.92 Å². The first-order valence-corrected chi connectivity index (χ1v) is 6.11.